The number of hydrogen-bond acceptors (Lipinski definition) is 4. The predicted octanol–water partition coefficient (Wildman–Crippen LogP) is 3.63. The lowest BCUT2D eigenvalue weighted by Crippen LogP contribution is -2.32. The second-order valence-electron chi connectivity index (χ2n) is 4.97. The van der Waals surface area contributed by atoms with Gasteiger partial charge in [0.15, 0.2) is 5.17 Å². The molecule has 0 amide bonds. The average molecular weight is 367 g/mol. The molecule has 0 fully saturated rings. The van der Waals surface area contributed by atoms with Crippen molar-refractivity contribution in [1.29, 1.82) is 0 Å². The van der Waals surface area contributed by atoms with Gasteiger partial charge in [0.05, 0.1) is 18.0 Å². The molecular weight excluding hydrogens is 352 g/mol. The van der Waals surface area contributed by atoms with Gasteiger partial charge in [-0.25, -0.2) is 12.7 Å². The van der Waals surface area contributed by atoms with Crippen LogP contribution < -0.4 is 0 Å². The summed E-state index contributed by atoms with van der Waals surface area (Å²) in [7, 11) is -3.59. The zero-order valence-corrected chi connectivity index (χ0v) is 14.6. The third-order valence-corrected chi connectivity index (χ3v) is 6.63. The zero-order chi connectivity index (χ0) is 16.3. The number of thioether (sulfide) groups is 1. The molecule has 0 aromatic heterocycles. The Morgan fingerprint density at radius 2 is 1.78 bits per heavy atom. The van der Waals surface area contributed by atoms with Crippen molar-refractivity contribution < 1.29 is 8.42 Å². The lowest BCUT2D eigenvalue weighted by Gasteiger charge is -2.19. The van der Waals surface area contributed by atoms with E-state index in [2.05, 4.69) is 4.99 Å². The second kappa shape index (κ2) is 6.95. The first-order chi connectivity index (χ1) is 11.1. The lowest BCUT2D eigenvalue weighted by atomic mass is 10.2. The first kappa shape index (κ1) is 16.4. The summed E-state index contributed by atoms with van der Waals surface area (Å²) >= 11 is 7.27. The molecule has 23 heavy (non-hydrogen) atoms. The summed E-state index contributed by atoms with van der Waals surface area (Å²) in [6, 6.07) is 16.1. The van der Waals surface area contributed by atoms with Gasteiger partial charge in [-0.1, -0.05) is 53.7 Å². The molecule has 0 saturated carbocycles. The minimum atomic E-state index is -3.59. The van der Waals surface area contributed by atoms with Crippen LogP contribution in [0.5, 0.6) is 0 Å². The number of benzene rings is 2. The SMILES string of the molecule is O=S(=O)(c1ccc(Cl)cc1)N1CCN=C1SCc1ccccc1. The van der Waals surface area contributed by atoms with E-state index in [1.807, 2.05) is 30.3 Å². The summed E-state index contributed by atoms with van der Waals surface area (Å²) in [6.45, 7) is 0.867. The Kier molecular flexibility index (Phi) is 4.94. The highest BCUT2D eigenvalue weighted by molar-refractivity contribution is 8.14. The number of aliphatic imine (C=N–C) groups is 1. The molecule has 7 heteroatoms. The molecule has 0 bridgehead atoms. The number of nitrogens with zero attached hydrogens (tertiary/aromatic N) is 2. The normalized spacial score (nSPS) is 14.8. The summed E-state index contributed by atoms with van der Waals surface area (Å²) in [6.07, 6.45) is 0. The molecule has 2 aromatic carbocycles. The van der Waals surface area contributed by atoms with Crippen LogP contribution in [0.2, 0.25) is 5.02 Å². The van der Waals surface area contributed by atoms with Gasteiger partial charge in [-0.05, 0) is 29.8 Å². The number of amidine groups is 1. The number of rotatable bonds is 4. The van der Waals surface area contributed by atoms with E-state index in [4.69, 9.17) is 11.6 Å². The zero-order valence-electron chi connectivity index (χ0n) is 12.2. The van der Waals surface area contributed by atoms with Crippen molar-refractivity contribution in [2.24, 2.45) is 4.99 Å². The van der Waals surface area contributed by atoms with Crippen LogP contribution in [0, 0.1) is 0 Å². The van der Waals surface area contributed by atoms with Crippen LogP contribution in [-0.4, -0.2) is 31.0 Å². The van der Waals surface area contributed by atoms with Gasteiger partial charge in [0.2, 0.25) is 0 Å². The largest absolute Gasteiger partial charge is 0.265 e. The molecule has 0 atom stereocenters. The van der Waals surface area contributed by atoms with E-state index in [-0.39, 0.29) is 4.90 Å². The van der Waals surface area contributed by atoms with E-state index >= 15 is 0 Å². The van der Waals surface area contributed by atoms with Crippen molar-refractivity contribution in [3.63, 3.8) is 0 Å². The van der Waals surface area contributed by atoms with Crippen LogP contribution in [0.15, 0.2) is 64.5 Å². The van der Waals surface area contributed by atoms with Crippen molar-refractivity contribution >= 4 is 38.6 Å². The van der Waals surface area contributed by atoms with E-state index in [1.54, 1.807) is 12.1 Å². The monoisotopic (exact) mass is 366 g/mol. The van der Waals surface area contributed by atoms with Gasteiger partial charge in [-0.15, -0.1) is 0 Å². The maximum absolute atomic E-state index is 12.8. The fourth-order valence-electron chi connectivity index (χ4n) is 2.21. The van der Waals surface area contributed by atoms with Crippen LogP contribution in [0.4, 0.5) is 0 Å². The van der Waals surface area contributed by atoms with Crippen molar-refractivity contribution in [1.82, 2.24) is 4.31 Å². The smallest absolute Gasteiger partial charge is 0.260 e. The van der Waals surface area contributed by atoms with Crippen LogP contribution in [0.3, 0.4) is 0 Å². The Morgan fingerprint density at radius 3 is 2.48 bits per heavy atom. The van der Waals surface area contributed by atoms with Gasteiger partial charge in [-0.3, -0.25) is 4.99 Å². The van der Waals surface area contributed by atoms with Crippen molar-refractivity contribution in [3.8, 4) is 0 Å². The van der Waals surface area contributed by atoms with Gasteiger partial charge < -0.3 is 0 Å². The Labute approximate surface area is 145 Å². The summed E-state index contributed by atoms with van der Waals surface area (Å²) in [5, 5.41) is 1.06. The molecule has 0 spiro atoms. The molecule has 0 aliphatic carbocycles. The minimum absolute atomic E-state index is 0.233. The Morgan fingerprint density at radius 1 is 1.09 bits per heavy atom. The second-order valence-corrected chi connectivity index (χ2v) is 8.21. The van der Waals surface area contributed by atoms with Gasteiger partial charge >= 0.3 is 0 Å². The Balaban J connectivity index is 1.76. The Hall–Kier alpha value is -1.50. The van der Waals surface area contributed by atoms with E-state index in [0.717, 1.165) is 5.56 Å². The third kappa shape index (κ3) is 3.71. The van der Waals surface area contributed by atoms with Crippen LogP contribution in [-0.2, 0) is 15.8 Å². The van der Waals surface area contributed by atoms with E-state index in [1.165, 1.54) is 28.2 Å². The van der Waals surface area contributed by atoms with Gasteiger partial charge in [0.25, 0.3) is 10.0 Å². The fourth-order valence-corrected chi connectivity index (χ4v) is 5.01. The molecule has 0 saturated heterocycles. The topological polar surface area (TPSA) is 49.7 Å². The third-order valence-electron chi connectivity index (χ3n) is 3.38. The molecule has 4 nitrogen and oxygen atoms in total. The molecule has 1 heterocycles. The van der Waals surface area contributed by atoms with Crippen LogP contribution in [0.25, 0.3) is 0 Å². The van der Waals surface area contributed by atoms with Gasteiger partial charge in [0.1, 0.15) is 0 Å². The number of hydrogen-bond donors (Lipinski definition) is 0. The standard InChI is InChI=1S/C16H15ClN2O2S2/c17-14-6-8-15(9-7-14)23(20,21)19-11-10-18-16(19)22-12-13-4-2-1-3-5-13/h1-9H,10-12H2. The van der Waals surface area contributed by atoms with E-state index < -0.39 is 10.0 Å². The summed E-state index contributed by atoms with van der Waals surface area (Å²) < 4.78 is 26.9. The lowest BCUT2D eigenvalue weighted by molar-refractivity contribution is 0.540. The van der Waals surface area contributed by atoms with Crippen LogP contribution >= 0.6 is 23.4 Å². The fraction of sp³-hybridized carbons (Fsp3) is 0.188. The van der Waals surface area contributed by atoms with E-state index in [9.17, 15) is 8.42 Å². The molecule has 1 aliphatic rings. The molecular formula is C16H15ClN2O2S2. The molecule has 120 valence electrons. The summed E-state index contributed by atoms with van der Waals surface area (Å²) in [5.74, 6) is 0.687. The summed E-state index contributed by atoms with van der Waals surface area (Å²) in [4.78, 5) is 4.58. The highest BCUT2D eigenvalue weighted by atomic mass is 35.5. The van der Waals surface area contributed by atoms with Gasteiger partial charge in [-0.2, -0.15) is 0 Å². The predicted molar refractivity (Wildman–Crippen MR) is 95.4 cm³/mol. The maximum atomic E-state index is 12.8. The molecule has 0 N–H and O–H groups in total. The number of halogens is 1. The summed E-state index contributed by atoms with van der Waals surface area (Å²) in [5.41, 5.74) is 1.14. The van der Waals surface area contributed by atoms with Crippen molar-refractivity contribution in [2.45, 2.75) is 10.6 Å². The van der Waals surface area contributed by atoms with Crippen LogP contribution in [0.1, 0.15) is 5.56 Å². The molecule has 2 aromatic rings. The van der Waals surface area contributed by atoms with Crippen molar-refractivity contribution in [2.75, 3.05) is 13.1 Å². The van der Waals surface area contributed by atoms with Crippen molar-refractivity contribution in [3.05, 3.63) is 65.2 Å². The highest BCUT2D eigenvalue weighted by Gasteiger charge is 2.30. The van der Waals surface area contributed by atoms with Gasteiger partial charge in [0, 0.05) is 10.8 Å². The quantitative estimate of drug-likeness (QED) is 0.830. The van der Waals surface area contributed by atoms with E-state index in [0.29, 0.717) is 29.0 Å². The molecule has 0 radical (unpaired) electrons. The number of sulfonamides is 1. The Bertz CT molecular complexity index is 806. The molecule has 3 rings (SSSR count). The first-order valence-corrected chi connectivity index (χ1v) is 9.87. The highest BCUT2D eigenvalue weighted by Crippen LogP contribution is 2.26. The first-order valence-electron chi connectivity index (χ1n) is 7.07. The maximum Gasteiger partial charge on any atom is 0.265 e. The molecule has 0 unspecified atom stereocenters. The average Bonchev–Trinajstić information content (AvgIpc) is 3.04. The minimum Gasteiger partial charge on any atom is -0.260 e. The molecule has 1 aliphatic heterocycles.